The summed E-state index contributed by atoms with van der Waals surface area (Å²) in [6.45, 7) is 9.60. The Hall–Kier alpha value is -2.97. The van der Waals surface area contributed by atoms with Gasteiger partial charge in [0.15, 0.2) is 6.29 Å². The van der Waals surface area contributed by atoms with Crippen molar-refractivity contribution < 1.29 is 33.4 Å². The number of aldehydes is 1. The lowest BCUT2D eigenvalue weighted by Crippen LogP contribution is -2.45. The van der Waals surface area contributed by atoms with Gasteiger partial charge in [-0.25, -0.2) is 14.4 Å². The molecule has 0 spiro atoms. The summed E-state index contributed by atoms with van der Waals surface area (Å²) in [7, 11) is 1.12. The number of rotatable bonds is 3. The normalized spacial score (nSPS) is 11.4. The van der Waals surface area contributed by atoms with Crippen molar-refractivity contribution in [3.8, 4) is 0 Å². The summed E-state index contributed by atoms with van der Waals surface area (Å²) >= 11 is 0. The van der Waals surface area contributed by atoms with Gasteiger partial charge in [0.05, 0.1) is 12.7 Å². The van der Waals surface area contributed by atoms with Crippen LogP contribution in [0.5, 0.6) is 0 Å². The fourth-order valence-corrected chi connectivity index (χ4v) is 1.94. The van der Waals surface area contributed by atoms with Crippen molar-refractivity contribution in [2.24, 2.45) is 0 Å². The van der Waals surface area contributed by atoms with Crippen LogP contribution in [0.4, 0.5) is 15.3 Å². The van der Waals surface area contributed by atoms with Gasteiger partial charge < -0.3 is 14.2 Å². The summed E-state index contributed by atoms with van der Waals surface area (Å²) in [6, 6.07) is 1.22. The minimum atomic E-state index is -1.13. The number of hydrogen-bond acceptors (Lipinski definition) is 8. The molecule has 0 unspecified atom stereocenters. The van der Waals surface area contributed by atoms with Gasteiger partial charge in [0, 0.05) is 6.20 Å². The molecule has 148 valence electrons. The van der Waals surface area contributed by atoms with Crippen LogP contribution in [0.25, 0.3) is 0 Å². The van der Waals surface area contributed by atoms with Gasteiger partial charge in [-0.15, -0.1) is 0 Å². The predicted octanol–water partition coefficient (Wildman–Crippen LogP) is 3.36. The van der Waals surface area contributed by atoms with Crippen molar-refractivity contribution in [1.82, 2.24) is 4.98 Å². The van der Waals surface area contributed by atoms with Gasteiger partial charge in [-0.05, 0) is 47.6 Å². The molecule has 0 aliphatic carbocycles. The number of aromatic nitrogens is 1. The number of anilines is 1. The van der Waals surface area contributed by atoms with E-state index in [1.54, 1.807) is 41.5 Å². The maximum Gasteiger partial charge on any atom is 0.424 e. The van der Waals surface area contributed by atoms with Crippen molar-refractivity contribution in [2.45, 2.75) is 52.7 Å². The van der Waals surface area contributed by atoms with Gasteiger partial charge in [-0.1, -0.05) is 0 Å². The van der Waals surface area contributed by atoms with Crippen molar-refractivity contribution in [1.29, 1.82) is 0 Å². The molecule has 9 nitrogen and oxygen atoms in total. The van der Waals surface area contributed by atoms with Gasteiger partial charge in [0.2, 0.25) is 0 Å². The molecule has 0 bridgehead atoms. The average Bonchev–Trinajstić information content (AvgIpc) is 2.50. The lowest BCUT2D eigenvalue weighted by atomic mass is 10.1. The molecule has 2 amide bonds. The molecule has 1 rings (SSSR count). The summed E-state index contributed by atoms with van der Waals surface area (Å²) in [5, 5.41) is 0. The van der Waals surface area contributed by atoms with Crippen molar-refractivity contribution in [2.75, 3.05) is 12.0 Å². The number of carbonyl (C=O) groups is 4. The Morgan fingerprint density at radius 1 is 1.00 bits per heavy atom. The van der Waals surface area contributed by atoms with Crippen LogP contribution in [-0.2, 0) is 14.2 Å². The Bertz CT molecular complexity index is 717. The van der Waals surface area contributed by atoms with Crippen LogP contribution in [0.2, 0.25) is 0 Å². The van der Waals surface area contributed by atoms with Gasteiger partial charge >= 0.3 is 18.2 Å². The maximum absolute atomic E-state index is 12.7. The molecule has 0 fully saturated rings. The summed E-state index contributed by atoms with van der Waals surface area (Å²) in [5.74, 6) is -0.868. The van der Waals surface area contributed by atoms with Crippen LogP contribution in [0.3, 0.4) is 0 Å². The number of imide groups is 1. The van der Waals surface area contributed by atoms with E-state index in [0.717, 1.165) is 7.11 Å². The zero-order chi connectivity index (χ0) is 21.0. The maximum atomic E-state index is 12.7. The predicted molar refractivity (Wildman–Crippen MR) is 95.9 cm³/mol. The molecular weight excluding hydrogens is 356 g/mol. The molecule has 1 heterocycles. The molecule has 1 aromatic heterocycles. The van der Waals surface area contributed by atoms with Crippen LogP contribution in [0.15, 0.2) is 12.3 Å². The SMILES string of the molecule is COC(=O)c1ccnc(C=O)c1N(C(=O)OC(C)(C)C)C(=O)OC(C)(C)C. The van der Waals surface area contributed by atoms with E-state index in [4.69, 9.17) is 9.47 Å². The Balaban J connectivity index is 3.64. The summed E-state index contributed by atoms with van der Waals surface area (Å²) in [4.78, 5) is 53.3. The molecule has 0 aromatic carbocycles. The van der Waals surface area contributed by atoms with Gasteiger partial charge in [-0.3, -0.25) is 9.78 Å². The average molecular weight is 380 g/mol. The number of pyridine rings is 1. The van der Waals surface area contributed by atoms with Gasteiger partial charge in [0.1, 0.15) is 22.6 Å². The largest absolute Gasteiger partial charge is 0.465 e. The highest BCUT2D eigenvalue weighted by Gasteiger charge is 2.37. The third-order valence-corrected chi connectivity index (χ3v) is 2.85. The van der Waals surface area contributed by atoms with E-state index in [2.05, 4.69) is 9.72 Å². The molecule has 0 atom stereocenters. The fourth-order valence-electron chi connectivity index (χ4n) is 1.94. The van der Waals surface area contributed by atoms with Crippen molar-refractivity contribution >= 4 is 30.1 Å². The minimum Gasteiger partial charge on any atom is -0.465 e. The first kappa shape index (κ1) is 22.1. The van der Waals surface area contributed by atoms with Crippen LogP contribution >= 0.6 is 0 Å². The molecule has 0 aliphatic rings. The standard InChI is InChI=1S/C18H24N2O7/c1-17(2,3)26-15(23)20(16(24)27-18(4,5)6)13-11(14(22)25-7)8-9-19-12(13)10-21/h8-10H,1-7H3. The van der Waals surface area contributed by atoms with E-state index in [0.29, 0.717) is 11.2 Å². The third kappa shape index (κ3) is 6.05. The first-order valence-corrected chi connectivity index (χ1v) is 8.09. The number of amides is 2. The second-order valence-electron chi connectivity index (χ2n) is 7.50. The number of carbonyl (C=O) groups excluding carboxylic acids is 4. The van der Waals surface area contributed by atoms with Crippen LogP contribution < -0.4 is 4.90 Å². The van der Waals surface area contributed by atoms with Gasteiger partial charge in [0.25, 0.3) is 0 Å². The number of ether oxygens (including phenoxy) is 3. The number of esters is 1. The Kier molecular flexibility index (Phi) is 6.66. The van der Waals surface area contributed by atoms with E-state index < -0.39 is 29.4 Å². The van der Waals surface area contributed by atoms with E-state index in [1.165, 1.54) is 12.3 Å². The molecule has 0 N–H and O–H groups in total. The fraction of sp³-hybridized carbons (Fsp3) is 0.500. The monoisotopic (exact) mass is 380 g/mol. The number of hydrogen-bond donors (Lipinski definition) is 0. The zero-order valence-corrected chi connectivity index (χ0v) is 16.5. The highest BCUT2D eigenvalue weighted by Crippen LogP contribution is 2.28. The first-order chi connectivity index (χ1) is 12.3. The Morgan fingerprint density at radius 2 is 1.48 bits per heavy atom. The van der Waals surface area contributed by atoms with E-state index >= 15 is 0 Å². The summed E-state index contributed by atoms with van der Waals surface area (Å²) in [6.07, 6.45) is -0.762. The number of methoxy groups -OCH3 is 1. The molecule has 0 aliphatic heterocycles. The molecule has 0 radical (unpaired) electrons. The zero-order valence-electron chi connectivity index (χ0n) is 16.5. The van der Waals surface area contributed by atoms with E-state index in [1.807, 2.05) is 0 Å². The van der Waals surface area contributed by atoms with Crippen LogP contribution in [-0.4, -0.2) is 47.7 Å². The summed E-state index contributed by atoms with van der Waals surface area (Å²) < 4.78 is 15.2. The quantitative estimate of drug-likeness (QED) is 0.446. The molecule has 1 aromatic rings. The van der Waals surface area contributed by atoms with Crippen molar-refractivity contribution in [3.05, 3.63) is 23.5 Å². The molecule has 9 heteroatoms. The summed E-state index contributed by atoms with van der Waals surface area (Å²) in [5.41, 5.74) is -2.82. The van der Waals surface area contributed by atoms with Gasteiger partial charge in [-0.2, -0.15) is 4.90 Å². The lowest BCUT2D eigenvalue weighted by molar-refractivity contribution is 0.0430. The highest BCUT2D eigenvalue weighted by atomic mass is 16.6. The second kappa shape index (κ2) is 8.15. The van der Waals surface area contributed by atoms with Crippen molar-refractivity contribution in [3.63, 3.8) is 0 Å². The second-order valence-corrected chi connectivity index (χ2v) is 7.50. The van der Waals surface area contributed by atoms with E-state index in [-0.39, 0.29) is 16.9 Å². The molecular formula is C18H24N2O7. The molecule has 0 saturated heterocycles. The van der Waals surface area contributed by atoms with Crippen LogP contribution in [0.1, 0.15) is 62.4 Å². The molecule has 27 heavy (non-hydrogen) atoms. The first-order valence-electron chi connectivity index (χ1n) is 8.09. The lowest BCUT2D eigenvalue weighted by Gasteiger charge is -2.29. The smallest absolute Gasteiger partial charge is 0.424 e. The third-order valence-electron chi connectivity index (χ3n) is 2.85. The Labute approximate surface area is 157 Å². The Morgan fingerprint density at radius 3 is 1.85 bits per heavy atom. The molecule has 0 saturated carbocycles. The number of nitrogens with zero attached hydrogens (tertiary/aromatic N) is 2. The highest BCUT2D eigenvalue weighted by molar-refractivity contribution is 6.15. The van der Waals surface area contributed by atoms with Crippen LogP contribution in [0, 0.1) is 0 Å². The minimum absolute atomic E-state index is 0.216. The topological polar surface area (TPSA) is 112 Å². The van der Waals surface area contributed by atoms with E-state index in [9.17, 15) is 19.2 Å².